The number of oxazole rings is 1. The number of rotatable bonds is 8. The lowest BCUT2D eigenvalue weighted by Gasteiger charge is -2.43. The van der Waals surface area contributed by atoms with Crippen molar-refractivity contribution in [2.75, 3.05) is 18.5 Å². The van der Waals surface area contributed by atoms with Gasteiger partial charge in [0, 0.05) is 19.8 Å². The normalized spacial score (nSPS) is 16.9. The van der Waals surface area contributed by atoms with E-state index in [1.165, 1.54) is 0 Å². The largest absolute Gasteiger partial charge is 0.422 e. The molecule has 5 rings (SSSR count). The van der Waals surface area contributed by atoms with E-state index in [1.54, 1.807) is 13.1 Å². The van der Waals surface area contributed by atoms with Gasteiger partial charge < -0.3 is 18.7 Å². The first-order valence-corrected chi connectivity index (χ1v) is 12.7. The van der Waals surface area contributed by atoms with Crippen molar-refractivity contribution in [3.05, 3.63) is 54.0 Å². The summed E-state index contributed by atoms with van der Waals surface area (Å²) in [5, 5.41) is 3.92. The van der Waals surface area contributed by atoms with Crippen LogP contribution in [-0.4, -0.2) is 56.6 Å². The number of nitrogens with zero attached hydrogens (tertiary/aromatic N) is 6. The molecule has 1 aromatic carbocycles. The lowest BCUT2D eigenvalue weighted by atomic mass is 9.90. The van der Waals surface area contributed by atoms with Crippen LogP contribution in [0.3, 0.4) is 0 Å². The Balaban J connectivity index is 1.48. The van der Waals surface area contributed by atoms with Gasteiger partial charge in [-0.25, -0.2) is 4.98 Å². The molecule has 4 heterocycles. The predicted molar refractivity (Wildman–Crippen MR) is 137 cm³/mol. The molecule has 0 saturated carbocycles. The number of unbranched alkanes of at least 4 members (excludes halogenated alkanes) is 1. The second-order valence-corrected chi connectivity index (χ2v) is 9.40. The van der Waals surface area contributed by atoms with Crippen LogP contribution in [-0.2, 0) is 0 Å². The third-order valence-corrected chi connectivity index (χ3v) is 6.98. The van der Waals surface area contributed by atoms with Crippen molar-refractivity contribution in [1.82, 2.24) is 25.0 Å². The van der Waals surface area contributed by atoms with Crippen LogP contribution in [0.5, 0.6) is 0 Å². The minimum Gasteiger partial charge on any atom is -0.422 e. The molecule has 4 aromatic rings. The van der Waals surface area contributed by atoms with Crippen molar-refractivity contribution in [3.8, 4) is 11.5 Å². The Morgan fingerprint density at radius 1 is 1.19 bits per heavy atom. The molecule has 188 valence electrons. The van der Waals surface area contributed by atoms with E-state index >= 15 is 0 Å². The number of aromatic nitrogens is 4. The van der Waals surface area contributed by atoms with Crippen LogP contribution in [0.25, 0.3) is 22.7 Å². The van der Waals surface area contributed by atoms with Gasteiger partial charge in [0.15, 0.2) is 11.4 Å². The van der Waals surface area contributed by atoms with Crippen LogP contribution in [0.2, 0.25) is 0 Å². The Morgan fingerprint density at radius 3 is 2.83 bits per heavy atom. The van der Waals surface area contributed by atoms with Crippen molar-refractivity contribution in [3.63, 3.8) is 0 Å². The van der Waals surface area contributed by atoms with Crippen LogP contribution < -0.4 is 4.90 Å². The number of carbonyl (C=O) groups is 1. The molecule has 1 aliphatic heterocycles. The van der Waals surface area contributed by atoms with Gasteiger partial charge in [-0.05, 0) is 56.9 Å². The number of hydrogen-bond donors (Lipinski definition) is 0. The molecule has 0 bridgehead atoms. The second-order valence-electron chi connectivity index (χ2n) is 9.40. The van der Waals surface area contributed by atoms with Gasteiger partial charge in [-0.2, -0.15) is 9.97 Å². The molecular weight excluding hydrogens is 456 g/mol. The Hall–Kier alpha value is -3.75. The fourth-order valence-corrected chi connectivity index (χ4v) is 5.13. The number of likely N-dealkylation sites (tertiary alicyclic amines) is 1. The first kappa shape index (κ1) is 24.0. The minimum absolute atomic E-state index is 0.0136. The van der Waals surface area contributed by atoms with Gasteiger partial charge in [0.2, 0.25) is 5.65 Å². The highest BCUT2D eigenvalue weighted by Crippen LogP contribution is 2.32. The van der Waals surface area contributed by atoms with E-state index in [4.69, 9.17) is 8.94 Å². The van der Waals surface area contributed by atoms with Gasteiger partial charge >= 0.3 is 0 Å². The third-order valence-electron chi connectivity index (χ3n) is 6.98. The molecule has 0 radical (unpaired) electrons. The molecule has 1 amide bonds. The van der Waals surface area contributed by atoms with E-state index in [1.807, 2.05) is 48.3 Å². The molecule has 1 aliphatic rings. The van der Waals surface area contributed by atoms with Crippen molar-refractivity contribution in [1.29, 1.82) is 0 Å². The third kappa shape index (κ3) is 4.69. The smallest absolute Gasteiger partial charge is 0.300 e. The van der Waals surface area contributed by atoms with Gasteiger partial charge in [-0.1, -0.05) is 37.1 Å². The van der Waals surface area contributed by atoms with Crippen LogP contribution in [0.15, 0.2) is 51.5 Å². The Morgan fingerprint density at radius 2 is 2.06 bits per heavy atom. The number of benzene rings is 1. The lowest BCUT2D eigenvalue weighted by molar-refractivity contribution is 0.0564. The van der Waals surface area contributed by atoms with Gasteiger partial charge in [0.25, 0.3) is 17.8 Å². The van der Waals surface area contributed by atoms with E-state index in [0.717, 1.165) is 38.5 Å². The molecule has 9 heteroatoms. The maximum atomic E-state index is 14.1. The summed E-state index contributed by atoms with van der Waals surface area (Å²) in [6.07, 6.45) is 7.73. The number of fused-ring (bicyclic) bond motifs is 1. The Bertz CT molecular complexity index is 1300. The van der Waals surface area contributed by atoms with Crippen molar-refractivity contribution >= 4 is 23.2 Å². The van der Waals surface area contributed by atoms with Gasteiger partial charge in [0.05, 0.1) is 23.2 Å². The summed E-state index contributed by atoms with van der Waals surface area (Å²) in [5.41, 5.74) is 2.50. The molecule has 0 aliphatic carbocycles. The second kappa shape index (κ2) is 10.5. The van der Waals surface area contributed by atoms with Gasteiger partial charge in [-0.15, -0.1) is 0 Å². The Kier molecular flexibility index (Phi) is 6.97. The number of pyridine rings is 1. The molecule has 0 spiro atoms. The molecule has 36 heavy (non-hydrogen) atoms. The maximum Gasteiger partial charge on any atom is 0.300 e. The monoisotopic (exact) mass is 488 g/mol. The summed E-state index contributed by atoms with van der Waals surface area (Å²) in [7, 11) is 2.01. The highest BCUT2D eigenvalue weighted by molar-refractivity contribution is 6.00. The Labute approximate surface area is 210 Å². The minimum atomic E-state index is -0.0136. The summed E-state index contributed by atoms with van der Waals surface area (Å²) >= 11 is 0. The topological polar surface area (TPSA) is 101 Å². The highest BCUT2D eigenvalue weighted by Gasteiger charge is 2.37. The molecular formula is C27H32N6O3. The zero-order valence-corrected chi connectivity index (χ0v) is 21.1. The first-order chi connectivity index (χ1) is 17.6. The molecule has 1 saturated heterocycles. The molecule has 3 aromatic heterocycles. The van der Waals surface area contributed by atoms with Gasteiger partial charge in [-0.3, -0.25) is 4.79 Å². The maximum absolute atomic E-state index is 14.1. The van der Waals surface area contributed by atoms with E-state index in [2.05, 4.69) is 31.9 Å². The average molecular weight is 489 g/mol. The standard InChI is InChI=1S/C27H32N6O3/c1-4-5-13-21(32(3)27-30-24-23(35-27)15-10-16-28-24)22-14-8-9-17-33(22)26(34)20-12-7-6-11-19(20)25-29-18(2)31-36-25/h6-7,10-12,15-16,21-22H,4-5,8-9,13-14,17H2,1-3H3. The van der Waals surface area contributed by atoms with Crippen LogP contribution >= 0.6 is 0 Å². The van der Waals surface area contributed by atoms with E-state index in [0.29, 0.717) is 46.6 Å². The zero-order chi connectivity index (χ0) is 25.1. The fourth-order valence-electron chi connectivity index (χ4n) is 5.13. The molecule has 1 fully saturated rings. The summed E-state index contributed by atoms with van der Waals surface area (Å²) in [6.45, 7) is 4.66. The summed E-state index contributed by atoms with van der Waals surface area (Å²) in [6, 6.07) is 11.8. The molecule has 2 atom stereocenters. The quantitative estimate of drug-likeness (QED) is 0.330. The number of likely N-dealkylation sites (N-methyl/N-ethyl adjacent to an activating group) is 1. The van der Waals surface area contributed by atoms with Gasteiger partial charge in [0.1, 0.15) is 0 Å². The van der Waals surface area contributed by atoms with Crippen molar-refractivity contribution < 1.29 is 13.7 Å². The number of carbonyl (C=O) groups excluding carboxylic acids is 1. The predicted octanol–water partition coefficient (Wildman–Crippen LogP) is 5.27. The number of amides is 1. The van der Waals surface area contributed by atoms with Crippen LogP contribution in [0.4, 0.5) is 6.01 Å². The number of piperidine rings is 1. The average Bonchev–Trinajstić information content (AvgIpc) is 3.55. The summed E-state index contributed by atoms with van der Waals surface area (Å²) < 4.78 is 11.5. The van der Waals surface area contributed by atoms with Crippen molar-refractivity contribution in [2.45, 2.75) is 64.5 Å². The number of anilines is 1. The van der Waals surface area contributed by atoms with E-state index in [9.17, 15) is 4.79 Å². The fraction of sp³-hybridized carbons (Fsp3) is 0.444. The van der Waals surface area contributed by atoms with Crippen LogP contribution in [0.1, 0.15) is 61.6 Å². The highest BCUT2D eigenvalue weighted by atomic mass is 16.5. The zero-order valence-electron chi connectivity index (χ0n) is 21.1. The molecule has 0 N–H and O–H groups in total. The molecule has 9 nitrogen and oxygen atoms in total. The number of aryl methyl sites for hydroxylation is 1. The van der Waals surface area contributed by atoms with E-state index < -0.39 is 0 Å². The van der Waals surface area contributed by atoms with Crippen LogP contribution in [0, 0.1) is 6.92 Å². The molecule has 2 unspecified atom stereocenters. The first-order valence-electron chi connectivity index (χ1n) is 12.7. The summed E-state index contributed by atoms with van der Waals surface area (Å²) in [4.78, 5) is 31.5. The van der Waals surface area contributed by atoms with Crippen molar-refractivity contribution in [2.24, 2.45) is 0 Å². The lowest BCUT2D eigenvalue weighted by Crippen LogP contribution is -2.55. The van der Waals surface area contributed by atoms with E-state index in [-0.39, 0.29) is 18.0 Å². The summed E-state index contributed by atoms with van der Waals surface area (Å²) in [5.74, 6) is 0.890. The number of hydrogen-bond acceptors (Lipinski definition) is 8. The SMILES string of the molecule is CCCCC(C1CCCCN1C(=O)c1ccccc1-c1nc(C)no1)N(C)c1nc2ncccc2o1.